The van der Waals surface area contributed by atoms with Crippen LogP contribution in [-0.2, 0) is 16.0 Å². The summed E-state index contributed by atoms with van der Waals surface area (Å²) in [4.78, 5) is 26.4. The number of hydrogen-bond acceptors (Lipinski definition) is 4. The molecule has 1 unspecified atom stereocenters. The molecular weight excluding hydrogens is 380 g/mol. The lowest BCUT2D eigenvalue weighted by atomic mass is 10.0. The molecule has 154 valence electrons. The van der Waals surface area contributed by atoms with E-state index in [1.54, 1.807) is 11.9 Å². The second-order valence-corrected chi connectivity index (χ2v) is 7.36. The Morgan fingerprint density at radius 1 is 1.00 bits per heavy atom. The SMILES string of the molecule is CN(CC1COc2ccccc2O1)C(=O)CNC(=O)Cc1cccc2ccccc12. The molecular formula is C24H24N2O4. The van der Waals surface area contributed by atoms with Crippen molar-refractivity contribution in [3.05, 3.63) is 72.3 Å². The zero-order valence-corrected chi connectivity index (χ0v) is 16.8. The van der Waals surface area contributed by atoms with Crippen molar-refractivity contribution in [2.45, 2.75) is 12.5 Å². The lowest BCUT2D eigenvalue weighted by Gasteiger charge is -2.29. The Bertz CT molecular complexity index is 1060. The molecule has 0 bridgehead atoms. The lowest BCUT2D eigenvalue weighted by molar-refractivity contribution is -0.132. The van der Waals surface area contributed by atoms with Crippen LogP contribution in [0.15, 0.2) is 66.7 Å². The number of fused-ring (bicyclic) bond motifs is 2. The molecule has 1 heterocycles. The van der Waals surface area contributed by atoms with Crippen LogP contribution in [0.2, 0.25) is 0 Å². The van der Waals surface area contributed by atoms with E-state index in [0.29, 0.717) is 24.7 Å². The summed E-state index contributed by atoms with van der Waals surface area (Å²) in [5, 5.41) is 4.87. The predicted octanol–water partition coefficient (Wildman–Crippen LogP) is 2.80. The molecule has 2 amide bonds. The first kappa shape index (κ1) is 19.8. The summed E-state index contributed by atoms with van der Waals surface area (Å²) in [5.74, 6) is 1.03. The Balaban J connectivity index is 1.27. The van der Waals surface area contributed by atoms with E-state index in [2.05, 4.69) is 5.32 Å². The largest absolute Gasteiger partial charge is 0.486 e. The summed E-state index contributed by atoms with van der Waals surface area (Å²) < 4.78 is 11.6. The van der Waals surface area contributed by atoms with Gasteiger partial charge in [0, 0.05) is 7.05 Å². The number of nitrogens with one attached hydrogen (secondary N) is 1. The second-order valence-electron chi connectivity index (χ2n) is 7.36. The zero-order valence-electron chi connectivity index (χ0n) is 16.8. The van der Waals surface area contributed by atoms with Crippen molar-refractivity contribution >= 4 is 22.6 Å². The van der Waals surface area contributed by atoms with E-state index < -0.39 is 0 Å². The number of nitrogens with zero attached hydrogens (tertiary/aromatic N) is 1. The van der Waals surface area contributed by atoms with E-state index in [9.17, 15) is 9.59 Å². The van der Waals surface area contributed by atoms with Crippen molar-refractivity contribution in [2.75, 3.05) is 26.7 Å². The van der Waals surface area contributed by atoms with Gasteiger partial charge in [-0.3, -0.25) is 9.59 Å². The lowest BCUT2D eigenvalue weighted by Crippen LogP contribution is -2.45. The van der Waals surface area contributed by atoms with Crippen molar-refractivity contribution in [1.29, 1.82) is 0 Å². The van der Waals surface area contributed by atoms with Crippen molar-refractivity contribution in [3.8, 4) is 11.5 Å². The highest BCUT2D eigenvalue weighted by Gasteiger charge is 2.23. The number of para-hydroxylation sites is 2. The van der Waals surface area contributed by atoms with Gasteiger partial charge in [0.25, 0.3) is 0 Å². The minimum atomic E-state index is -0.250. The van der Waals surface area contributed by atoms with Gasteiger partial charge in [-0.15, -0.1) is 0 Å². The second kappa shape index (κ2) is 8.86. The van der Waals surface area contributed by atoms with E-state index in [0.717, 1.165) is 16.3 Å². The Kier molecular flexibility index (Phi) is 5.84. The Morgan fingerprint density at radius 3 is 2.60 bits per heavy atom. The van der Waals surface area contributed by atoms with E-state index in [-0.39, 0.29) is 30.9 Å². The number of rotatable bonds is 6. The van der Waals surface area contributed by atoms with Crippen LogP contribution in [-0.4, -0.2) is 49.6 Å². The number of benzene rings is 3. The summed E-state index contributed by atoms with van der Waals surface area (Å²) in [7, 11) is 1.70. The minimum Gasteiger partial charge on any atom is -0.486 e. The first-order valence-electron chi connectivity index (χ1n) is 9.96. The first-order valence-corrected chi connectivity index (χ1v) is 9.96. The van der Waals surface area contributed by atoms with Gasteiger partial charge >= 0.3 is 0 Å². The van der Waals surface area contributed by atoms with Crippen molar-refractivity contribution in [1.82, 2.24) is 10.2 Å². The maximum absolute atomic E-state index is 12.4. The van der Waals surface area contributed by atoms with Crippen molar-refractivity contribution in [3.63, 3.8) is 0 Å². The third kappa shape index (κ3) is 4.54. The monoisotopic (exact) mass is 404 g/mol. The van der Waals surface area contributed by atoms with Gasteiger partial charge in [-0.05, 0) is 28.5 Å². The van der Waals surface area contributed by atoms with Crippen LogP contribution >= 0.6 is 0 Å². The molecule has 0 saturated carbocycles. The van der Waals surface area contributed by atoms with Gasteiger partial charge < -0.3 is 19.7 Å². The molecule has 0 saturated heterocycles. The summed E-state index contributed by atoms with van der Waals surface area (Å²) in [6, 6.07) is 21.3. The third-order valence-electron chi connectivity index (χ3n) is 5.14. The molecule has 0 spiro atoms. The Hall–Kier alpha value is -3.54. The van der Waals surface area contributed by atoms with E-state index >= 15 is 0 Å². The van der Waals surface area contributed by atoms with Crippen LogP contribution < -0.4 is 14.8 Å². The van der Waals surface area contributed by atoms with Crippen LogP contribution in [0.1, 0.15) is 5.56 Å². The number of likely N-dealkylation sites (N-methyl/N-ethyl adjacent to an activating group) is 1. The highest BCUT2D eigenvalue weighted by atomic mass is 16.6. The molecule has 6 heteroatoms. The molecule has 3 aromatic carbocycles. The number of hydrogen-bond donors (Lipinski definition) is 1. The maximum Gasteiger partial charge on any atom is 0.241 e. The molecule has 1 aliphatic heterocycles. The molecule has 0 fully saturated rings. The van der Waals surface area contributed by atoms with E-state index in [1.165, 1.54) is 0 Å². The summed E-state index contributed by atoms with van der Waals surface area (Å²) >= 11 is 0. The maximum atomic E-state index is 12.4. The molecule has 6 nitrogen and oxygen atoms in total. The highest BCUT2D eigenvalue weighted by Crippen LogP contribution is 2.30. The van der Waals surface area contributed by atoms with Gasteiger partial charge in [0.05, 0.1) is 19.5 Å². The fraction of sp³-hybridized carbons (Fsp3) is 0.250. The molecule has 3 aromatic rings. The summed E-state index contributed by atoms with van der Waals surface area (Å²) in [5.41, 5.74) is 0.942. The van der Waals surface area contributed by atoms with Crippen LogP contribution in [0, 0.1) is 0 Å². The van der Waals surface area contributed by atoms with Gasteiger partial charge in [-0.2, -0.15) is 0 Å². The molecule has 4 rings (SSSR count). The molecule has 1 atom stereocenters. The predicted molar refractivity (Wildman–Crippen MR) is 115 cm³/mol. The number of carbonyl (C=O) groups excluding carboxylic acids is 2. The number of ether oxygens (including phenoxy) is 2. The van der Waals surface area contributed by atoms with Gasteiger partial charge in [0.1, 0.15) is 6.61 Å². The van der Waals surface area contributed by atoms with Gasteiger partial charge in [-0.25, -0.2) is 0 Å². The van der Waals surface area contributed by atoms with Crippen molar-refractivity contribution < 1.29 is 19.1 Å². The third-order valence-corrected chi connectivity index (χ3v) is 5.14. The average Bonchev–Trinajstić information content (AvgIpc) is 2.77. The quantitative estimate of drug-likeness (QED) is 0.686. The van der Waals surface area contributed by atoms with Gasteiger partial charge in [0.2, 0.25) is 11.8 Å². The minimum absolute atomic E-state index is 0.0513. The number of amides is 2. The first-order chi connectivity index (χ1) is 14.6. The topological polar surface area (TPSA) is 67.9 Å². The van der Waals surface area contributed by atoms with E-state index in [4.69, 9.17) is 9.47 Å². The van der Waals surface area contributed by atoms with Crippen LogP contribution in [0.4, 0.5) is 0 Å². The Morgan fingerprint density at radius 2 is 1.73 bits per heavy atom. The molecule has 30 heavy (non-hydrogen) atoms. The normalized spacial score (nSPS) is 14.9. The smallest absolute Gasteiger partial charge is 0.241 e. The summed E-state index contributed by atoms with van der Waals surface area (Å²) in [6.45, 7) is 0.707. The van der Waals surface area contributed by atoms with Crippen LogP contribution in [0.5, 0.6) is 11.5 Å². The van der Waals surface area contributed by atoms with Crippen LogP contribution in [0.3, 0.4) is 0 Å². The average molecular weight is 404 g/mol. The highest BCUT2D eigenvalue weighted by molar-refractivity contribution is 5.91. The van der Waals surface area contributed by atoms with Gasteiger partial charge in [0.15, 0.2) is 17.6 Å². The standard InChI is InChI=1S/C24H24N2O4/c1-26(15-19-16-29-21-11-4-5-12-22(21)30-19)24(28)14-25-23(27)13-18-9-6-8-17-7-2-3-10-20(17)18/h2-12,19H,13-16H2,1H3,(H,25,27). The number of carbonyl (C=O) groups is 2. The molecule has 0 aromatic heterocycles. The summed E-state index contributed by atoms with van der Waals surface area (Å²) in [6.07, 6.45) is -0.0189. The molecule has 1 aliphatic rings. The van der Waals surface area contributed by atoms with Gasteiger partial charge in [-0.1, -0.05) is 54.6 Å². The Labute approximate surface area is 175 Å². The molecule has 0 radical (unpaired) electrons. The van der Waals surface area contributed by atoms with Crippen LogP contribution in [0.25, 0.3) is 10.8 Å². The molecule has 1 N–H and O–H groups in total. The van der Waals surface area contributed by atoms with Crippen molar-refractivity contribution in [2.24, 2.45) is 0 Å². The zero-order chi connectivity index (χ0) is 20.9. The van der Waals surface area contributed by atoms with E-state index in [1.807, 2.05) is 66.7 Å². The molecule has 0 aliphatic carbocycles. The fourth-order valence-electron chi connectivity index (χ4n) is 3.55. The fourth-order valence-corrected chi connectivity index (χ4v) is 3.55.